The lowest BCUT2D eigenvalue weighted by Gasteiger charge is -2.06. The molecular formula is C17H21N2S. The molecule has 0 amide bonds. The maximum absolute atomic E-state index is 4.66. The van der Waals surface area contributed by atoms with Gasteiger partial charge in [0.05, 0.1) is 0 Å². The van der Waals surface area contributed by atoms with Gasteiger partial charge in [0.1, 0.15) is 5.03 Å². The van der Waals surface area contributed by atoms with E-state index in [0.717, 1.165) is 34.3 Å². The minimum Gasteiger partial charge on any atom is -0.233 e. The van der Waals surface area contributed by atoms with Gasteiger partial charge in [-0.15, -0.1) is 11.8 Å². The first-order valence-corrected chi connectivity index (χ1v) is 8.13. The zero-order chi connectivity index (χ0) is 14.2. The van der Waals surface area contributed by atoms with Crippen molar-refractivity contribution in [3.63, 3.8) is 0 Å². The smallest absolute Gasteiger partial charge is 0.160 e. The Kier molecular flexibility index (Phi) is 6.06. The van der Waals surface area contributed by atoms with Gasteiger partial charge in [0.15, 0.2) is 5.82 Å². The molecule has 0 saturated carbocycles. The van der Waals surface area contributed by atoms with E-state index < -0.39 is 0 Å². The maximum atomic E-state index is 4.66. The number of hydrogen-bond donors (Lipinski definition) is 0. The van der Waals surface area contributed by atoms with Gasteiger partial charge in [-0.3, -0.25) is 0 Å². The largest absolute Gasteiger partial charge is 0.233 e. The Balaban J connectivity index is 2.02. The maximum Gasteiger partial charge on any atom is 0.160 e. The number of aryl methyl sites for hydroxylation is 1. The third-order valence-electron chi connectivity index (χ3n) is 2.93. The first-order chi connectivity index (χ1) is 9.79. The van der Waals surface area contributed by atoms with Crippen LogP contribution in [0.15, 0.2) is 41.4 Å². The fourth-order valence-electron chi connectivity index (χ4n) is 1.93. The molecule has 0 fully saturated rings. The Bertz CT molecular complexity index is 526. The van der Waals surface area contributed by atoms with Crippen molar-refractivity contribution in [2.75, 3.05) is 5.75 Å². The molecule has 0 unspecified atom stereocenters. The summed E-state index contributed by atoms with van der Waals surface area (Å²) >= 11 is 1.81. The van der Waals surface area contributed by atoms with E-state index in [0.29, 0.717) is 0 Å². The Labute approximate surface area is 126 Å². The minimum absolute atomic E-state index is 0.825. The van der Waals surface area contributed by atoms with Gasteiger partial charge in [-0.2, -0.15) is 0 Å². The van der Waals surface area contributed by atoms with Crippen LogP contribution in [0.1, 0.15) is 31.9 Å². The molecule has 0 aliphatic heterocycles. The molecule has 20 heavy (non-hydrogen) atoms. The van der Waals surface area contributed by atoms with Crippen molar-refractivity contribution >= 4 is 11.8 Å². The third-order valence-corrected chi connectivity index (χ3v) is 3.87. The van der Waals surface area contributed by atoms with Crippen molar-refractivity contribution in [3.05, 3.63) is 48.5 Å². The van der Waals surface area contributed by atoms with E-state index in [1.165, 1.54) is 12.8 Å². The number of rotatable bonds is 7. The predicted octanol–water partition coefficient (Wildman–Crippen LogP) is 4.94. The molecule has 105 valence electrons. The number of unbranched alkanes of at least 4 members (excludes halogenated alkanes) is 3. The van der Waals surface area contributed by atoms with Crippen LogP contribution in [-0.2, 0) is 0 Å². The Hall–Kier alpha value is -1.35. The van der Waals surface area contributed by atoms with E-state index in [1.807, 2.05) is 36.9 Å². The van der Waals surface area contributed by atoms with Crippen LogP contribution < -0.4 is 0 Å². The number of benzene rings is 1. The fourth-order valence-corrected chi connectivity index (χ4v) is 2.82. The molecule has 1 heterocycles. The Morgan fingerprint density at radius 1 is 1.10 bits per heavy atom. The highest BCUT2D eigenvalue weighted by atomic mass is 32.2. The fraction of sp³-hybridized carbons (Fsp3) is 0.353. The van der Waals surface area contributed by atoms with Crippen molar-refractivity contribution in [2.24, 2.45) is 0 Å². The van der Waals surface area contributed by atoms with Crippen LogP contribution in [0.5, 0.6) is 0 Å². The molecular weight excluding hydrogens is 264 g/mol. The predicted molar refractivity (Wildman–Crippen MR) is 86.8 cm³/mol. The quantitative estimate of drug-likeness (QED) is 0.409. The molecule has 2 aromatic rings. The molecule has 0 saturated heterocycles. The molecule has 0 N–H and O–H groups in total. The summed E-state index contributed by atoms with van der Waals surface area (Å²) in [5, 5.41) is 1.07. The summed E-state index contributed by atoms with van der Waals surface area (Å²) in [7, 11) is 0. The molecule has 2 nitrogen and oxygen atoms in total. The molecule has 2 rings (SSSR count). The van der Waals surface area contributed by atoms with Gasteiger partial charge in [0, 0.05) is 11.3 Å². The molecule has 0 spiro atoms. The monoisotopic (exact) mass is 285 g/mol. The first kappa shape index (κ1) is 15.0. The van der Waals surface area contributed by atoms with E-state index in [9.17, 15) is 0 Å². The lowest BCUT2D eigenvalue weighted by atomic mass is 10.2. The summed E-state index contributed by atoms with van der Waals surface area (Å²) in [5.41, 5.74) is 2.11. The van der Waals surface area contributed by atoms with Crippen LogP contribution in [0.25, 0.3) is 11.4 Å². The lowest BCUT2D eigenvalue weighted by Crippen LogP contribution is -1.94. The molecule has 0 bridgehead atoms. The Morgan fingerprint density at radius 3 is 2.65 bits per heavy atom. The molecule has 3 heteroatoms. The van der Waals surface area contributed by atoms with Gasteiger partial charge in [-0.25, -0.2) is 9.97 Å². The van der Waals surface area contributed by atoms with Crippen LogP contribution in [0.4, 0.5) is 0 Å². The van der Waals surface area contributed by atoms with Crippen LogP contribution in [-0.4, -0.2) is 15.7 Å². The van der Waals surface area contributed by atoms with Crippen LogP contribution in [0.3, 0.4) is 0 Å². The second-order valence-electron chi connectivity index (χ2n) is 4.75. The third kappa shape index (κ3) is 4.64. The molecule has 0 aliphatic carbocycles. The highest BCUT2D eigenvalue weighted by molar-refractivity contribution is 7.99. The SMILES string of the molecule is CCC[CH]CCSc1cc(C)nc(-c2ccccc2)n1. The normalized spacial score (nSPS) is 10.7. The van der Waals surface area contributed by atoms with Crippen molar-refractivity contribution in [1.82, 2.24) is 9.97 Å². The van der Waals surface area contributed by atoms with E-state index >= 15 is 0 Å². The summed E-state index contributed by atoms with van der Waals surface area (Å²) in [6.07, 6.45) is 5.94. The van der Waals surface area contributed by atoms with E-state index in [-0.39, 0.29) is 0 Å². The second kappa shape index (κ2) is 8.05. The van der Waals surface area contributed by atoms with Gasteiger partial charge in [-0.1, -0.05) is 50.1 Å². The van der Waals surface area contributed by atoms with Gasteiger partial charge in [-0.05, 0) is 31.6 Å². The average Bonchev–Trinajstić information content (AvgIpc) is 2.47. The zero-order valence-electron chi connectivity index (χ0n) is 12.2. The van der Waals surface area contributed by atoms with E-state index in [1.54, 1.807) is 0 Å². The number of nitrogens with zero attached hydrogens (tertiary/aromatic N) is 2. The van der Waals surface area contributed by atoms with Gasteiger partial charge >= 0.3 is 0 Å². The molecule has 1 aromatic heterocycles. The second-order valence-corrected chi connectivity index (χ2v) is 5.87. The van der Waals surface area contributed by atoms with Crippen molar-refractivity contribution in [3.8, 4) is 11.4 Å². The Morgan fingerprint density at radius 2 is 1.90 bits per heavy atom. The lowest BCUT2D eigenvalue weighted by molar-refractivity contribution is 0.855. The summed E-state index contributed by atoms with van der Waals surface area (Å²) < 4.78 is 0. The summed E-state index contributed by atoms with van der Waals surface area (Å²) in [5.74, 6) is 1.91. The van der Waals surface area contributed by atoms with Crippen LogP contribution in [0.2, 0.25) is 0 Å². The topological polar surface area (TPSA) is 25.8 Å². The highest BCUT2D eigenvalue weighted by Gasteiger charge is 2.05. The average molecular weight is 285 g/mol. The molecule has 0 atom stereocenters. The molecule has 0 aliphatic rings. The van der Waals surface area contributed by atoms with Crippen molar-refractivity contribution in [2.45, 2.75) is 38.1 Å². The van der Waals surface area contributed by atoms with Gasteiger partial charge < -0.3 is 0 Å². The van der Waals surface area contributed by atoms with Crippen molar-refractivity contribution in [1.29, 1.82) is 0 Å². The van der Waals surface area contributed by atoms with E-state index in [4.69, 9.17) is 0 Å². The number of hydrogen-bond acceptors (Lipinski definition) is 3. The number of aromatic nitrogens is 2. The van der Waals surface area contributed by atoms with Crippen molar-refractivity contribution < 1.29 is 0 Å². The summed E-state index contributed by atoms with van der Waals surface area (Å²) in [6, 6.07) is 12.2. The van der Waals surface area contributed by atoms with Crippen LogP contribution >= 0.6 is 11.8 Å². The first-order valence-electron chi connectivity index (χ1n) is 7.15. The van der Waals surface area contributed by atoms with Gasteiger partial charge in [0.2, 0.25) is 0 Å². The van der Waals surface area contributed by atoms with Crippen LogP contribution in [0, 0.1) is 13.3 Å². The van der Waals surface area contributed by atoms with Gasteiger partial charge in [0.25, 0.3) is 0 Å². The molecule has 1 radical (unpaired) electrons. The number of thioether (sulfide) groups is 1. The van der Waals surface area contributed by atoms with E-state index in [2.05, 4.69) is 41.5 Å². The summed E-state index contributed by atoms with van der Waals surface area (Å²) in [6.45, 7) is 4.24. The highest BCUT2D eigenvalue weighted by Crippen LogP contribution is 2.22. The minimum atomic E-state index is 0.825. The summed E-state index contributed by atoms with van der Waals surface area (Å²) in [4.78, 5) is 9.19. The standard InChI is InChI=1S/C17H21N2S/c1-3-4-5-9-12-20-16-13-14(2)18-17(19-16)15-10-7-6-8-11-15/h5-8,10-11,13H,3-4,9,12H2,1-2H3. The molecule has 1 aromatic carbocycles. The zero-order valence-corrected chi connectivity index (χ0v) is 13.0.